The van der Waals surface area contributed by atoms with Crippen LogP contribution in [-0.4, -0.2) is 27.3 Å². The van der Waals surface area contributed by atoms with Crippen LogP contribution in [0, 0.1) is 0 Å². The molecule has 0 saturated carbocycles. The number of hydrogen-bond donors (Lipinski definition) is 2. The highest BCUT2D eigenvalue weighted by molar-refractivity contribution is 5.92. The number of benzene rings is 2. The Morgan fingerprint density at radius 1 is 1.11 bits per heavy atom. The van der Waals surface area contributed by atoms with Gasteiger partial charge in [0.15, 0.2) is 5.69 Å². The van der Waals surface area contributed by atoms with Crippen molar-refractivity contribution in [1.29, 1.82) is 0 Å². The van der Waals surface area contributed by atoms with Crippen LogP contribution in [0.3, 0.4) is 0 Å². The van der Waals surface area contributed by atoms with E-state index in [1.165, 1.54) is 29.1 Å². The number of carbonyl (C=O) groups is 1. The second-order valence-corrected chi connectivity index (χ2v) is 6.16. The fourth-order valence-corrected chi connectivity index (χ4v) is 2.67. The number of hydrogen-bond acceptors (Lipinski definition) is 3. The summed E-state index contributed by atoms with van der Waals surface area (Å²) in [4.78, 5) is 12.2. The van der Waals surface area contributed by atoms with Gasteiger partial charge in [-0.15, -0.1) is 0 Å². The maximum absolute atomic E-state index is 12.8. The van der Waals surface area contributed by atoms with Crippen LogP contribution in [0.1, 0.15) is 34.1 Å². The number of nitrogens with zero attached hydrogens (tertiary/aromatic N) is 2. The maximum atomic E-state index is 12.8. The minimum Gasteiger partial charge on any atom is -0.388 e. The normalized spacial score (nSPS) is 12.6. The molecular weight excluding hydrogens is 371 g/mol. The zero-order chi connectivity index (χ0) is 20.1. The third-order valence-corrected chi connectivity index (χ3v) is 4.15. The zero-order valence-corrected chi connectivity index (χ0v) is 14.7. The lowest BCUT2D eigenvalue weighted by atomic mass is 10.1. The van der Waals surface area contributed by atoms with Crippen molar-refractivity contribution >= 4 is 5.91 Å². The zero-order valence-electron chi connectivity index (χ0n) is 14.7. The van der Waals surface area contributed by atoms with Crippen molar-refractivity contribution < 1.29 is 23.1 Å². The number of alkyl halides is 3. The van der Waals surface area contributed by atoms with Gasteiger partial charge in [0, 0.05) is 12.7 Å². The van der Waals surface area contributed by atoms with Crippen molar-refractivity contribution in [3.8, 4) is 5.69 Å². The number of aliphatic hydroxyl groups excluding tert-OH is 1. The fourth-order valence-electron chi connectivity index (χ4n) is 2.67. The lowest BCUT2D eigenvalue weighted by molar-refractivity contribution is -0.137. The Hall–Kier alpha value is -3.13. The van der Waals surface area contributed by atoms with Gasteiger partial charge in [-0.05, 0) is 36.2 Å². The number of aromatic nitrogens is 2. The quantitative estimate of drug-likeness (QED) is 0.675. The van der Waals surface area contributed by atoms with Crippen LogP contribution in [0.4, 0.5) is 13.2 Å². The Morgan fingerprint density at radius 2 is 1.86 bits per heavy atom. The lowest BCUT2D eigenvalue weighted by Gasteiger charge is -2.11. The molecule has 1 heterocycles. The van der Waals surface area contributed by atoms with Crippen LogP contribution >= 0.6 is 0 Å². The molecule has 1 aromatic heterocycles. The summed E-state index contributed by atoms with van der Waals surface area (Å²) in [6, 6.07) is 15.2. The first-order chi connectivity index (χ1) is 13.3. The van der Waals surface area contributed by atoms with E-state index < -0.39 is 23.8 Å². The first kappa shape index (κ1) is 19.6. The van der Waals surface area contributed by atoms with E-state index in [2.05, 4.69) is 10.4 Å². The van der Waals surface area contributed by atoms with E-state index in [4.69, 9.17) is 0 Å². The summed E-state index contributed by atoms with van der Waals surface area (Å²) in [5, 5.41) is 16.8. The van der Waals surface area contributed by atoms with Gasteiger partial charge < -0.3 is 10.4 Å². The molecule has 3 rings (SSSR count). The molecule has 0 unspecified atom stereocenters. The highest BCUT2D eigenvalue weighted by Gasteiger charge is 2.30. The van der Waals surface area contributed by atoms with E-state index in [-0.39, 0.29) is 17.9 Å². The Morgan fingerprint density at radius 3 is 2.57 bits per heavy atom. The molecule has 2 N–H and O–H groups in total. The second-order valence-electron chi connectivity index (χ2n) is 6.16. The molecule has 8 heteroatoms. The minimum absolute atomic E-state index is 0.0756. The van der Waals surface area contributed by atoms with Gasteiger partial charge in [0.05, 0.1) is 17.4 Å². The first-order valence-corrected chi connectivity index (χ1v) is 8.59. The third kappa shape index (κ3) is 4.77. The molecule has 0 spiro atoms. The van der Waals surface area contributed by atoms with Crippen molar-refractivity contribution in [2.24, 2.45) is 0 Å². The van der Waals surface area contributed by atoms with Crippen LogP contribution in [-0.2, 0) is 6.18 Å². The standard InChI is InChI=1S/C20H18F3N3O2/c21-20(22,23)15-7-4-8-16(13-15)26-12-10-17(25-26)19(28)24-11-9-18(27)14-5-2-1-3-6-14/h1-8,10,12-13,18,27H,9,11H2,(H,24,28)/t18-/m1/s1. The molecule has 3 aromatic rings. The van der Waals surface area contributed by atoms with Gasteiger partial charge in [-0.2, -0.15) is 18.3 Å². The molecule has 0 bridgehead atoms. The van der Waals surface area contributed by atoms with E-state index in [9.17, 15) is 23.1 Å². The monoisotopic (exact) mass is 389 g/mol. The highest BCUT2D eigenvalue weighted by Crippen LogP contribution is 2.30. The highest BCUT2D eigenvalue weighted by atomic mass is 19.4. The number of amides is 1. The molecule has 0 radical (unpaired) electrons. The SMILES string of the molecule is O=C(NCC[C@@H](O)c1ccccc1)c1ccn(-c2cccc(C(F)(F)F)c2)n1. The molecule has 0 aliphatic carbocycles. The average Bonchev–Trinajstić information content (AvgIpc) is 3.18. The van der Waals surface area contributed by atoms with Crippen LogP contribution in [0.5, 0.6) is 0 Å². The molecular formula is C20H18F3N3O2. The van der Waals surface area contributed by atoms with Gasteiger partial charge in [-0.25, -0.2) is 4.68 Å². The molecule has 1 atom stereocenters. The summed E-state index contributed by atoms with van der Waals surface area (Å²) in [6.07, 6.45) is -3.42. The number of carbonyl (C=O) groups excluding carboxylic acids is 1. The summed E-state index contributed by atoms with van der Waals surface area (Å²) < 4.78 is 39.7. The van der Waals surface area contributed by atoms with Crippen molar-refractivity contribution in [2.45, 2.75) is 18.7 Å². The summed E-state index contributed by atoms with van der Waals surface area (Å²) in [5.74, 6) is -0.467. The number of aliphatic hydroxyl groups is 1. The van der Waals surface area contributed by atoms with E-state index in [1.54, 1.807) is 12.1 Å². The van der Waals surface area contributed by atoms with Gasteiger partial charge in [0.1, 0.15) is 0 Å². The Kier molecular flexibility index (Phi) is 5.79. The van der Waals surface area contributed by atoms with Gasteiger partial charge in [-0.1, -0.05) is 36.4 Å². The predicted molar refractivity (Wildman–Crippen MR) is 96.9 cm³/mol. The van der Waals surface area contributed by atoms with Crippen LogP contribution in [0.15, 0.2) is 66.9 Å². The third-order valence-electron chi connectivity index (χ3n) is 4.15. The number of halogens is 3. The minimum atomic E-state index is -4.46. The average molecular weight is 389 g/mol. The molecule has 2 aromatic carbocycles. The lowest BCUT2D eigenvalue weighted by Crippen LogP contribution is -2.26. The molecule has 0 fully saturated rings. The van der Waals surface area contributed by atoms with E-state index >= 15 is 0 Å². The molecule has 5 nitrogen and oxygen atoms in total. The van der Waals surface area contributed by atoms with Crippen molar-refractivity contribution in [1.82, 2.24) is 15.1 Å². The summed E-state index contributed by atoms with van der Waals surface area (Å²) in [5.41, 5.74) is 0.243. The van der Waals surface area contributed by atoms with Crippen LogP contribution in [0.25, 0.3) is 5.69 Å². The molecule has 0 saturated heterocycles. The fraction of sp³-hybridized carbons (Fsp3) is 0.200. The summed E-state index contributed by atoms with van der Waals surface area (Å²) in [7, 11) is 0. The predicted octanol–water partition coefficient (Wildman–Crippen LogP) is 3.74. The number of nitrogens with one attached hydrogen (secondary N) is 1. The molecule has 0 aliphatic heterocycles. The molecule has 146 valence electrons. The smallest absolute Gasteiger partial charge is 0.388 e. The van der Waals surface area contributed by atoms with Gasteiger partial charge in [-0.3, -0.25) is 4.79 Å². The molecule has 28 heavy (non-hydrogen) atoms. The first-order valence-electron chi connectivity index (χ1n) is 8.59. The largest absolute Gasteiger partial charge is 0.416 e. The van der Waals surface area contributed by atoms with Crippen LogP contribution in [0.2, 0.25) is 0 Å². The Labute approximate surface area is 159 Å². The molecule has 1 amide bonds. The van der Waals surface area contributed by atoms with Crippen molar-refractivity contribution in [3.05, 3.63) is 83.7 Å². The van der Waals surface area contributed by atoms with E-state index in [0.717, 1.165) is 17.7 Å². The summed E-state index contributed by atoms with van der Waals surface area (Å²) >= 11 is 0. The van der Waals surface area contributed by atoms with Crippen molar-refractivity contribution in [3.63, 3.8) is 0 Å². The second kappa shape index (κ2) is 8.26. The van der Waals surface area contributed by atoms with Crippen molar-refractivity contribution in [2.75, 3.05) is 6.54 Å². The van der Waals surface area contributed by atoms with Gasteiger partial charge >= 0.3 is 6.18 Å². The van der Waals surface area contributed by atoms with Crippen LogP contribution < -0.4 is 5.32 Å². The van der Waals surface area contributed by atoms with Gasteiger partial charge in [0.2, 0.25) is 0 Å². The number of rotatable bonds is 6. The van der Waals surface area contributed by atoms with Gasteiger partial charge in [0.25, 0.3) is 5.91 Å². The summed E-state index contributed by atoms with van der Waals surface area (Å²) in [6.45, 7) is 0.227. The maximum Gasteiger partial charge on any atom is 0.416 e. The Balaban J connectivity index is 1.60. The topological polar surface area (TPSA) is 67.2 Å². The van der Waals surface area contributed by atoms with E-state index in [1.807, 2.05) is 18.2 Å². The molecule has 0 aliphatic rings. The van der Waals surface area contributed by atoms with E-state index in [0.29, 0.717) is 6.42 Å². The Bertz CT molecular complexity index is 939.